The van der Waals surface area contributed by atoms with Crippen LogP contribution < -0.4 is 5.32 Å². The number of thiazole rings is 1. The van der Waals surface area contributed by atoms with E-state index in [0.717, 1.165) is 29.8 Å². The van der Waals surface area contributed by atoms with Crippen molar-refractivity contribution in [3.05, 3.63) is 38.0 Å². The van der Waals surface area contributed by atoms with Crippen LogP contribution in [0.2, 0.25) is 0 Å². The third-order valence-corrected chi connectivity index (χ3v) is 5.52. The Hall–Kier alpha value is -1.44. The largest absolute Gasteiger partial charge is 0.375 e. The van der Waals surface area contributed by atoms with Crippen molar-refractivity contribution in [1.82, 2.24) is 15.2 Å². The first kappa shape index (κ1) is 17.9. The Bertz CT molecular complexity index is 650. The van der Waals surface area contributed by atoms with Gasteiger partial charge in [-0.2, -0.15) is 0 Å². The molecule has 0 fully saturated rings. The van der Waals surface area contributed by atoms with Crippen LogP contribution in [-0.4, -0.2) is 37.0 Å². The van der Waals surface area contributed by atoms with Crippen molar-refractivity contribution in [3.63, 3.8) is 0 Å². The van der Waals surface area contributed by atoms with E-state index >= 15 is 0 Å². The van der Waals surface area contributed by atoms with E-state index in [1.807, 2.05) is 14.0 Å². The monoisotopic (exact) mass is 352 g/mol. The smallest absolute Gasteiger partial charge is 0.194 e. The Kier molecular flexibility index (Phi) is 6.56. The number of methoxy groups -OCH3 is 1. The van der Waals surface area contributed by atoms with Crippen molar-refractivity contribution >= 4 is 28.6 Å². The number of thiophene rings is 1. The van der Waals surface area contributed by atoms with E-state index in [4.69, 9.17) is 4.74 Å². The first-order chi connectivity index (χ1) is 11.0. The van der Waals surface area contributed by atoms with Gasteiger partial charge in [0, 0.05) is 36.3 Å². The molecule has 0 aliphatic rings. The summed E-state index contributed by atoms with van der Waals surface area (Å²) in [5.74, 6) is 0.866. The highest BCUT2D eigenvalue weighted by Gasteiger charge is 2.12. The van der Waals surface area contributed by atoms with Crippen molar-refractivity contribution in [3.8, 4) is 0 Å². The number of guanidine groups is 1. The molecule has 0 aliphatic heterocycles. The van der Waals surface area contributed by atoms with Crippen LogP contribution >= 0.6 is 22.7 Å². The third-order valence-electron chi connectivity index (χ3n) is 3.46. The summed E-state index contributed by atoms with van der Waals surface area (Å²) in [4.78, 5) is 13.7. The number of aromatic nitrogens is 1. The summed E-state index contributed by atoms with van der Waals surface area (Å²) in [5.41, 5.74) is 1.03. The van der Waals surface area contributed by atoms with E-state index in [-0.39, 0.29) is 6.10 Å². The lowest BCUT2D eigenvalue weighted by atomic mass is 10.4. The zero-order valence-electron chi connectivity index (χ0n) is 14.3. The van der Waals surface area contributed by atoms with Crippen LogP contribution in [0.4, 0.5) is 0 Å². The second-order valence-electron chi connectivity index (χ2n) is 5.32. The molecule has 126 valence electrons. The number of hydrogen-bond acceptors (Lipinski definition) is 5. The molecule has 2 aromatic rings. The predicted octanol–water partition coefficient (Wildman–Crippen LogP) is 3.43. The summed E-state index contributed by atoms with van der Waals surface area (Å²) in [5, 5.41) is 6.49. The Morgan fingerprint density at radius 3 is 2.87 bits per heavy atom. The summed E-state index contributed by atoms with van der Waals surface area (Å²) in [6.07, 6.45) is 0.0403. The van der Waals surface area contributed by atoms with E-state index in [1.54, 1.807) is 36.8 Å². The Balaban J connectivity index is 1.92. The second-order valence-corrected chi connectivity index (χ2v) is 7.59. The van der Waals surface area contributed by atoms with Crippen molar-refractivity contribution in [2.75, 3.05) is 21.2 Å². The van der Waals surface area contributed by atoms with Crippen molar-refractivity contribution < 1.29 is 4.74 Å². The second kappa shape index (κ2) is 8.42. The molecular formula is C16H24N4OS2. The van der Waals surface area contributed by atoms with Gasteiger partial charge in [0.15, 0.2) is 5.96 Å². The number of nitrogens with zero attached hydrogens (tertiary/aromatic N) is 3. The number of ether oxygens (including phenoxy) is 1. The van der Waals surface area contributed by atoms with Crippen LogP contribution in [0.15, 0.2) is 22.5 Å². The molecule has 2 aromatic heterocycles. The van der Waals surface area contributed by atoms with Crippen molar-refractivity contribution in [2.24, 2.45) is 4.99 Å². The molecule has 2 heterocycles. The topological polar surface area (TPSA) is 49.8 Å². The maximum atomic E-state index is 5.31. The molecule has 1 atom stereocenters. The van der Waals surface area contributed by atoms with Crippen LogP contribution in [-0.2, 0) is 17.8 Å². The summed E-state index contributed by atoms with van der Waals surface area (Å²) in [6, 6.07) is 4.29. The molecular weight excluding hydrogens is 328 g/mol. The highest BCUT2D eigenvalue weighted by Crippen LogP contribution is 2.21. The van der Waals surface area contributed by atoms with E-state index in [1.165, 1.54) is 9.75 Å². The minimum Gasteiger partial charge on any atom is -0.375 e. The van der Waals surface area contributed by atoms with Gasteiger partial charge in [-0.3, -0.25) is 4.99 Å². The van der Waals surface area contributed by atoms with Gasteiger partial charge in [-0.15, -0.1) is 22.7 Å². The van der Waals surface area contributed by atoms with Crippen LogP contribution in [0.1, 0.15) is 33.5 Å². The molecule has 0 saturated heterocycles. The van der Waals surface area contributed by atoms with Gasteiger partial charge < -0.3 is 15.0 Å². The van der Waals surface area contributed by atoms with E-state index < -0.39 is 0 Å². The third kappa shape index (κ3) is 5.02. The molecule has 23 heavy (non-hydrogen) atoms. The molecule has 0 amide bonds. The fourth-order valence-electron chi connectivity index (χ4n) is 2.13. The lowest BCUT2D eigenvalue weighted by Gasteiger charge is -2.21. The molecule has 0 aliphatic carbocycles. The minimum absolute atomic E-state index is 0.0403. The first-order valence-electron chi connectivity index (χ1n) is 7.47. The van der Waals surface area contributed by atoms with Gasteiger partial charge in [-0.25, -0.2) is 4.98 Å². The lowest BCUT2D eigenvalue weighted by Crippen LogP contribution is -2.37. The fourth-order valence-corrected chi connectivity index (χ4v) is 3.80. The molecule has 1 N–H and O–H groups in total. The number of rotatable bonds is 6. The van der Waals surface area contributed by atoms with Gasteiger partial charge in [-0.1, -0.05) is 0 Å². The van der Waals surface area contributed by atoms with Crippen LogP contribution in [0.25, 0.3) is 0 Å². The maximum absolute atomic E-state index is 5.31. The molecule has 0 spiro atoms. The molecule has 0 radical (unpaired) electrons. The van der Waals surface area contributed by atoms with Crippen LogP contribution in [0, 0.1) is 6.92 Å². The normalized spacial score (nSPS) is 13.2. The quantitative estimate of drug-likeness (QED) is 0.639. The molecule has 5 nitrogen and oxygen atoms in total. The van der Waals surface area contributed by atoms with Crippen molar-refractivity contribution in [2.45, 2.75) is 33.0 Å². The SMILES string of the molecule is CN=C(NCc1ccc(C)s1)N(C)Cc1csc(C(C)OC)n1. The van der Waals surface area contributed by atoms with E-state index in [0.29, 0.717) is 0 Å². The molecule has 0 aromatic carbocycles. The zero-order valence-corrected chi connectivity index (χ0v) is 15.9. The molecule has 7 heteroatoms. The van der Waals surface area contributed by atoms with Gasteiger partial charge in [0.05, 0.1) is 18.8 Å². The predicted molar refractivity (Wildman–Crippen MR) is 98.3 cm³/mol. The van der Waals surface area contributed by atoms with Gasteiger partial charge in [-0.05, 0) is 26.0 Å². The highest BCUT2D eigenvalue weighted by atomic mass is 32.1. The maximum Gasteiger partial charge on any atom is 0.194 e. The highest BCUT2D eigenvalue weighted by molar-refractivity contribution is 7.11. The first-order valence-corrected chi connectivity index (χ1v) is 9.17. The van der Waals surface area contributed by atoms with E-state index in [2.05, 4.69) is 44.6 Å². The summed E-state index contributed by atoms with van der Waals surface area (Å²) >= 11 is 3.44. The van der Waals surface area contributed by atoms with Crippen LogP contribution in [0.3, 0.4) is 0 Å². The van der Waals surface area contributed by atoms with Gasteiger partial charge in [0.25, 0.3) is 0 Å². The van der Waals surface area contributed by atoms with Gasteiger partial charge in [0.1, 0.15) is 11.1 Å². The van der Waals surface area contributed by atoms with Crippen molar-refractivity contribution in [1.29, 1.82) is 0 Å². The fraction of sp³-hybridized carbons (Fsp3) is 0.500. The number of aliphatic imine (C=N–C) groups is 1. The number of aryl methyl sites for hydroxylation is 1. The summed E-state index contributed by atoms with van der Waals surface area (Å²) in [6.45, 7) is 5.64. The zero-order chi connectivity index (χ0) is 16.8. The molecule has 0 bridgehead atoms. The lowest BCUT2D eigenvalue weighted by molar-refractivity contribution is 0.119. The Morgan fingerprint density at radius 2 is 2.26 bits per heavy atom. The van der Waals surface area contributed by atoms with Gasteiger partial charge >= 0.3 is 0 Å². The summed E-state index contributed by atoms with van der Waals surface area (Å²) in [7, 11) is 5.53. The Morgan fingerprint density at radius 1 is 1.48 bits per heavy atom. The Labute approximate surface area is 146 Å². The average Bonchev–Trinajstić information content (AvgIpc) is 3.16. The summed E-state index contributed by atoms with van der Waals surface area (Å²) < 4.78 is 5.31. The number of nitrogens with one attached hydrogen (secondary N) is 1. The molecule has 2 rings (SSSR count). The average molecular weight is 353 g/mol. The molecule has 1 unspecified atom stereocenters. The minimum atomic E-state index is 0.0403. The number of hydrogen-bond donors (Lipinski definition) is 1. The van der Waals surface area contributed by atoms with E-state index in [9.17, 15) is 0 Å². The molecule has 0 saturated carbocycles. The standard InChI is InChI=1S/C16H24N4OS2/c1-11-6-7-14(23-11)8-18-16(17-3)20(4)9-13-10-22-15(19-13)12(2)21-5/h6-7,10,12H,8-9H2,1-5H3,(H,17,18). The van der Waals surface area contributed by atoms with Gasteiger partial charge in [0.2, 0.25) is 0 Å². The van der Waals surface area contributed by atoms with Crippen LogP contribution in [0.5, 0.6) is 0 Å².